The normalized spacial score (nSPS) is 41.8. The summed E-state index contributed by atoms with van der Waals surface area (Å²) in [5, 5.41) is 47.5. The molecule has 1 aliphatic rings. The highest BCUT2D eigenvalue weighted by Crippen LogP contribution is 2.28. The number of hydrogen-bond acceptors (Lipinski definition) is 7. The van der Waals surface area contributed by atoms with Crippen LogP contribution in [0.2, 0.25) is 0 Å². The molecule has 0 spiro atoms. The van der Waals surface area contributed by atoms with E-state index in [4.69, 9.17) is 15.6 Å². The van der Waals surface area contributed by atoms with Gasteiger partial charge in [0.1, 0.15) is 24.4 Å². The van der Waals surface area contributed by atoms with E-state index in [1.165, 1.54) is 0 Å². The van der Waals surface area contributed by atoms with Crippen molar-refractivity contribution < 1.29 is 35.1 Å². The SMILES string of the molecule is CC(=O)N=C(N)C1(O)O[C@H](CO)[C@@H](O)[C@H](O)[C@H]1O. The Labute approximate surface area is 102 Å². The zero-order chi connectivity index (χ0) is 14.1. The van der Waals surface area contributed by atoms with Gasteiger partial charge < -0.3 is 36.0 Å². The van der Waals surface area contributed by atoms with Gasteiger partial charge in [-0.05, 0) is 0 Å². The number of aliphatic hydroxyl groups is 5. The first-order chi connectivity index (χ1) is 8.24. The maximum Gasteiger partial charge on any atom is 0.255 e. The number of amidine groups is 1. The lowest BCUT2D eigenvalue weighted by atomic mass is 9.92. The Hall–Kier alpha value is -1.10. The van der Waals surface area contributed by atoms with Crippen LogP contribution in [0.3, 0.4) is 0 Å². The molecule has 0 aromatic heterocycles. The van der Waals surface area contributed by atoms with Gasteiger partial charge in [0.2, 0.25) is 5.91 Å². The fourth-order valence-corrected chi connectivity index (χ4v) is 1.62. The molecule has 1 rings (SSSR count). The number of amides is 1. The van der Waals surface area contributed by atoms with Gasteiger partial charge in [0, 0.05) is 6.92 Å². The molecular weight excluding hydrogens is 248 g/mol. The minimum atomic E-state index is -2.66. The van der Waals surface area contributed by atoms with Crippen molar-refractivity contribution in [1.82, 2.24) is 0 Å². The summed E-state index contributed by atoms with van der Waals surface area (Å²) in [4.78, 5) is 14.0. The zero-order valence-electron chi connectivity index (χ0n) is 9.59. The Morgan fingerprint density at radius 1 is 1.39 bits per heavy atom. The van der Waals surface area contributed by atoms with Gasteiger partial charge in [0.15, 0.2) is 5.84 Å². The number of nitrogens with two attached hydrogens (primary N) is 1. The Bertz CT molecular complexity index is 359. The molecule has 0 aromatic rings. The van der Waals surface area contributed by atoms with Crippen LogP contribution in [0.25, 0.3) is 0 Å². The molecule has 9 heteroatoms. The summed E-state index contributed by atoms with van der Waals surface area (Å²) < 4.78 is 4.82. The standard InChI is InChI=1S/C9H16N2O7/c1-3(13)11-8(10)9(17)7(16)6(15)5(14)4(2-12)18-9/h4-7,12,14-17H,2H2,1H3,(H2,10,11,13)/t4-,5-,6+,7-,9?/m1/s1. The number of nitrogens with zero attached hydrogens (tertiary/aromatic N) is 1. The predicted molar refractivity (Wildman–Crippen MR) is 57.2 cm³/mol. The molecule has 104 valence electrons. The summed E-state index contributed by atoms with van der Waals surface area (Å²) >= 11 is 0. The summed E-state index contributed by atoms with van der Waals surface area (Å²) in [5.41, 5.74) is 5.32. The molecule has 7 N–H and O–H groups in total. The van der Waals surface area contributed by atoms with Crippen molar-refractivity contribution in [2.24, 2.45) is 10.7 Å². The largest absolute Gasteiger partial charge is 0.394 e. The lowest BCUT2D eigenvalue weighted by molar-refractivity contribution is -0.317. The summed E-state index contributed by atoms with van der Waals surface area (Å²) in [6.45, 7) is 0.320. The molecule has 1 heterocycles. The number of aliphatic hydroxyl groups excluding tert-OH is 4. The molecule has 1 fully saturated rings. The van der Waals surface area contributed by atoms with E-state index in [1.54, 1.807) is 0 Å². The van der Waals surface area contributed by atoms with Crippen molar-refractivity contribution >= 4 is 11.7 Å². The maximum atomic E-state index is 10.8. The quantitative estimate of drug-likeness (QED) is 0.217. The highest BCUT2D eigenvalue weighted by Gasteiger charge is 2.55. The third kappa shape index (κ3) is 2.51. The van der Waals surface area contributed by atoms with Crippen LogP contribution in [0.1, 0.15) is 6.92 Å². The molecule has 0 aliphatic carbocycles. The third-order valence-electron chi connectivity index (χ3n) is 2.61. The molecule has 9 nitrogen and oxygen atoms in total. The lowest BCUT2D eigenvalue weighted by Gasteiger charge is -2.44. The topological polar surface area (TPSA) is 166 Å². The van der Waals surface area contributed by atoms with Crippen molar-refractivity contribution in [3.8, 4) is 0 Å². The minimum Gasteiger partial charge on any atom is -0.394 e. The van der Waals surface area contributed by atoms with Crippen LogP contribution in [0.15, 0.2) is 4.99 Å². The minimum absolute atomic E-state index is 0.736. The van der Waals surface area contributed by atoms with Crippen molar-refractivity contribution in [3.63, 3.8) is 0 Å². The second-order valence-corrected chi connectivity index (χ2v) is 3.98. The van der Waals surface area contributed by atoms with Gasteiger partial charge in [0.05, 0.1) is 6.61 Å². The van der Waals surface area contributed by atoms with Crippen molar-refractivity contribution in [1.29, 1.82) is 0 Å². The van der Waals surface area contributed by atoms with E-state index in [2.05, 4.69) is 4.99 Å². The molecule has 1 amide bonds. The number of carbonyl (C=O) groups excluding carboxylic acids is 1. The summed E-state index contributed by atoms with van der Waals surface area (Å²) in [5.74, 6) is -4.18. The molecular formula is C9H16N2O7. The van der Waals surface area contributed by atoms with Crippen molar-refractivity contribution in [3.05, 3.63) is 0 Å². The Morgan fingerprint density at radius 3 is 2.39 bits per heavy atom. The number of aliphatic imine (C=N–C) groups is 1. The van der Waals surface area contributed by atoms with E-state index in [9.17, 15) is 25.2 Å². The van der Waals surface area contributed by atoms with Crippen molar-refractivity contribution in [2.75, 3.05) is 6.61 Å². The molecule has 1 aliphatic heterocycles. The third-order valence-corrected chi connectivity index (χ3v) is 2.61. The molecule has 1 saturated heterocycles. The molecule has 0 bridgehead atoms. The fraction of sp³-hybridized carbons (Fsp3) is 0.778. The van der Waals surface area contributed by atoms with Crippen molar-refractivity contribution in [2.45, 2.75) is 37.1 Å². The van der Waals surface area contributed by atoms with Crippen LogP contribution in [-0.4, -0.2) is 74.1 Å². The van der Waals surface area contributed by atoms with Gasteiger partial charge in [-0.2, -0.15) is 4.99 Å². The van der Waals surface area contributed by atoms with E-state index < -0.39 is 48.6 Å². The first kappa shape index (κ1) is 15.0. The molecule has 1 unspecified atom stereocenters. The molecule has 0 saturated carbocycles. The van der Waals surface area contributed by atoms with E-state index in [-0.39, 0.29) is 0 Å². The van der Waals surface area contributed by atoms with Crippen LogP contribution < -0.4 is 5.73 Å². The Kier molecular flexibility index (Phi) is 4.37. The van der Waals surface area contributed by atoms with E-state index in [1.807, 2.05) is 0 Å². The van der Waals surface area contributed by atoms with Crippen LogP contribution >= 0.6 is 0 Å². The number of rotatable bonds is 2. The van der Waals surface area contributed by atoms with Gasteiger partial charge in [-0.1, -0.05) is 0 Å². The highest BCUT2D eigenvalue weighted by molar-refractivity contribution is 5.97. The Balaban J connectivity index is 3.09. The summed E-state index contributed by atoms with van der Waals surface area (Å²) in [7, 11) is 0. The first-order valence-corrected chi connectivity index (χ1v) is 5.14. The van der Waals surface area contributed by atoms with Crippen LogP contribution in [0, 0.1) is 0 Å². The molecule has 0 aromatic carbocycles. The first-order valence-electron chi connectivity index (χ1n) is 5.14. The van der Waals surface area contributed by atoms with Gasteiger partial charge in [0.25, 0.3) is 5.79 Å². The smallest absolute Gasteiger partial charge is 0.255 e. The lowest BCUT2D eigenvalue weighted by Crippen LogP contribution is -2.69. The van der Waals surface area contributed by atoms with E-state index in [0.717, 1.165) is 6.92 Å². The van der Waals surface area contributed by atoms with E-state index >= 15 is 0 Å². The molecule has 5 atom stereocenters. The highest BCUT2D eigenvalue weighted by atomic mass is 16.7. The number of hydrogen-bond donors (Lipinski definition) is 6. The zero-order valence-corrected chi connectivity index (χ0v) is 9.59. The predicted octanol–water partition coefficient (Wildman–Crippen LogP) is -3.95. The fourth-order valence-electron chi connectivity index (χ4n) is 1.62. The molecule has 0 radical (unpaired) electrons. The average molecular weight is 264 g/mol. The monoisotopic (exact) mass is 264 g/mol. The molecule has 18 heavy (non-hydrogen) atoms. The average Bonchev–Trinajstić information content (AvgIpc) is 2.30. The van der Waals surface area contributed by atoms with Crippen LogP contribution in [0.5, 0.6) is 0 Å². The van der Waals surface area contributed by atoms with Crippen LogP contribution in [0.4, 0.5) is 0 Å². The van der Waals surface area contributed by atoms with Gasteiger partial charge >= 0.3 is 0 Å². The Morgan fingerprint density at radius 2 is 1.94 bits per heavy atom. The van der Waals surface area contributed by atoms with E-state index in [0.29, 0.717) is 0 Å². The summed E-state index contributed by atoms with van der Waals surface area (Å²) in [6, 6.07) is 0. The second kappa shape index (κ2) is 5.26. The second-order valence-electron chi connectivity index (χ2n) is 3.98. The number of ether oxygens (including phenoxy) is 1. The maximum absolute atomic E-state index is 10.8. The number of carbonyl (C=O) groups is 1. The van der Waals surface area contributed by atoms with Gasteiger partial charge in [-0.3, -0.25) is 4.79 Å². The summed E-state index contributed by atoms with van der Waals surface area (Å²) in [6.07, 6.45) is -6.83. The van der Waals surface area contributed by atoms with Crippen LogP contribution in [-0.2, 0) is 9.53 Å². The van der Waals surface area contributed by atoms with Gasteiger partial charge in [-0.15, -0.1) is 0 Å². The van der Waals surface area contributed by atoms with Gasteiger partial charge in [-0.25, -0.2) is 0 Å².